The fraction of sp³-hybridized carbons (Fsp3) is 0.438. The summed E-state index contributed by atoms with van der Waals surface area (Å²) in [5.41, 5.74) is 1.75. The molecule has 1 unspecified atom stereocenters. The number of halogens is 1. The van der Waals surface area contributed by atoms with Gasteiger partial charge in [0.05, 0.1) is 17.7 Å². The van der Waals surface area contributed by atoms with Crippen molar-refractivity contribution in [1.82, 2.24) is 15.2 Å². The molecule has 2 heterocycles. The van der Waals surface area contributed by atoms with Gasteiger partial charge in [-0.25, -0.2) is 8.42 Å². The fourth-order valence-electron chi connectivity index (χ4n) is 2.91. The molecule has 1 aromatic carbocycles. The summed E-state index contributed by atoms with van der Waals surface area (Å²) in [6.45, 7) is 4.55. The van der Waals surface area contributed by atoms with Crippen LogP contribution in [0.3, 0.4) is 0 Å². The lowest BCUT2D eigenvalue weighted by Crippen LogP contribution is -2.37. The van der Waals surface area contributed by atoms with E-state index in [0.717, 1.165) is 11.3 Å². The average Bonchev–Trinajstić information content (AvgIpc) is 2.92. The van der Waals surface area contributed by atoms with Crippen LogP contribution >= 0.6 is 11.6 Å². The number of aromatic nitrogens is 3. The van der Waals surface area contributed by atoms with Crippen molar-refractivity contribution >= 4 is 38.9 Å². The summed E-state index contributed by atoms with van der Waals surface area (Å²) in [6, 6.07) is 5.52. The second kappa shape index (κ2) is 7.13. The number of benzene rings is 1. The van der Waals surface area contributed by atoms with E-state index in [0.29, 0.717) is 29.8 Å². The first kappa shape index (κ1) is 17.9. The van der Waals surface area contributed by atoms with Crippen LogP contribution in [0.4, 0.5) is 17.5 Å². The zero-order valence-corrected chi connectivity index (χ0v) is 15.7. The van der Waals surface area contributed by atoms with Crippen LogP contribution in [0.25, 0.3) is 0 Å². The van der Waals surface area contributed by atoms with Gasteiger partial charge in [0, 0.05) is 23.3 Å². The summed E-state index contributed by atoms with van der Waals surface area (Å²) < 4.78 is 23.5. The van der Waals surface area contributed by atoms with Crippen LogP contribution in [-0.4, -0.2) is 47.7 Å². The van der Waals surface area contributed by atoms with Crippen molar-refractivity contribution in [3.63, 3.8) is 0 Å². The summed E-state index contributed by atoms with van der Waals surface area (Å²) in [6.07, 6.45) is 2.16. The number of anilines is 3. The van der Waals surface area contributed by atoms with Crippen molar-refractivity contribution in [3.05, 3.63) is 35.0 Å². The summed E-state index contributed by atoms with van der Waals surface area (Å²) in [4.78, 5) is 6.45. The fourth-order valence-corrected chi connectivity index (χ4v) is 4.83. The summed E-state index contributed by atoms with van der Waals surface area (Å²) in [5.74, 6) is 1.33. The highest BCUT2D eigenvalue weighted by Gasteiger charge is 2.32. The lowest BCUT2D eigenvalue weighted by Gasteiger charge is -2.27. The second-order valence-electron chi connectivity index (χ2n) is 6.07. The Kier molecular flexibility index (Phi) is 5.10. The molecule has 9 heteroatoms. The molecule has 134 valence electrons. The molecule has 0 aliphatic carbocycles. The predicted molar refractivity (Wildman–Crippen MR) is 99.4 cm³/mol. The Balaban J connectivity index is 1.81. The molecule has 0 bridgehead atoms. The maximum Gasteiger partial charge on any atom is 0.249 e. The van der Waals surface area contributed by atoms with Crippen molar-refractivity contribution in [1.29, 1.82) is 0 Å². The standard InChI is InChI=1S/C16H20ClN5O2S/c1-3-22(13-6-7-25(23,24)10-13)15-9-18-21-16(20-15)19-12-5-4-11(2)14(17)8-12/h4-5,8-9,13H,3,6-7,10H2,1-2H3,(H,19,20,21). The van der Waals surface area contributed by atoms with Crippen LogP contribution < -0.4 is 10.2 Å². The third-order valence-corrected chi connectivity index (χ3v) is 6.42. The van der Waals surface area contributed by atoms with Gasteiger partial charge >= 0.3 is 0 Å². The van der Waals surface area contributed by atoms with Crippen LogP contribution in [-0.2, 0) is 9.84 Å². The van der Waals surface area contributed by atoms with Gasteiger partial charge in [0.2, 0.25) is 5.95 Å². The highest BCUT2D eigenvalue weighted by Crippen LogP contribution is 2.25. The zero-order valence-electron chi connectivity index (χ0n) is 14.1. The Hall–Kier alpha value is -1.93. The maximum absolute atomic E-state index is 11.8. The van der Waals surface area contributed by atoms with Crippen molar-refractivity contribution in [2.45, 2.75) is 26.3 Å². The molecule has 1 aromatic heterocycles. The van der Waals surface area contributed by atoms with Gasteiger partial charge in [-0.15, -0.1) is 5.10 Å². The Bertz CT molecular complexity index is 875. The SMILES string of the molecule is CCN(c1cnnc(Nc2ccc(C)c(Cl)c2)n1)C1CCS(=O)(=O)C1. The van der Waals surface area contributed by atoms with Gasteiger partial charge < -0.3 is 10.2 Å². The van der Waals surface area contributed by atoms with E-state index in [-0.39, 0.29) is 17.5 Å². The molecule has 1 N–H and O–H groups in total. The van der Waals surface area contributed by atoms with E-state index < -0.39 is 9.84 Å². The summed E-state index contributed by atoms with van der Waals surface area (Å²) >= 11 is 6.14. The molecule has 1 saturated heterocycles. The van der Waals surface area contributed by atoms with Crippen molar-refractivity contribution in [3.8, 4) is 0 Å². The number of rotatable bonds is 5. The highest BCUT2D eigenvalue weighted by atomic mass is 35.5. The molecule has 0 radical (unpaired) electrons. The van der Waals surface area contributed by atoms with Gasteiger partial charge in [-0.3, -0.25) is 0 Å². The van der Waals surface area contributed by atoms with Gasteiger partial charge in [0.25, 0.3) is 0 Å². The number of hydrogen-bond donors (Lipinski definition) is 1. The molecular weight excluding hydrogens is 362 g/mol. The number of nitrogens with zero attached hydrogens (tertiary/aromatic N) is 4. The van der Waals surface area contributed by atoms with E-state index in [2.05, 4.69) is 20.5 Å². The highest BCUT2D eigenvalue weighted by molar-refractivity contribution is 7.91. The van der Waals surface area contributed by atoms with Gasteiger partial charge in [0.1, 0.15) is 0 Å². The molecule has 3 rings (SSSR count). The Morgan fingerprint density at radius 3 is 2.84 bits per heavy atom. The van der Waals surface area contributed by atoms with E-state index >= 15 is 0 Å². The molecule has 7 nitrogen and oxygen atoms in total. The van der Waals surface area contributed by atoms with Gasteiger partial charge in [0.15, 0.2) is 15.7 Å². The average molecular weight is 382 g/mol. The normalized spacial score (nSPS) is 18.9. The van der Waals surface area contributed by atoms with E-state index in [4.69, 9.17) is 11.6 Å². The second-order valence-corrected chi connectivity index (χ2v) is 8.71. The Labute approximate surface area is 152 Å². The van der Waals surface area contributed by atoms with E-state index in [9.17, 15) is 8.42 Å². The van der Waals surface area contributed by atoms with Crippen molar-refractivity contribution < 1.29 is 8.42 Å². The minimum Gasteiger partial charge on any atom is -0.351 e. The summed E-state index contributed by atoms with van der Waals surface area (Å²) in [5, 5.41) is 11.7. The molecule has 1 atom stereocenters. The Morgan fingerprint density at radius 1 is 1.40 bits per heavy atom. The van der Waals surface area contributed by atoms with Crippen LogP contribution in [0.2, 0.25) is 5.02 Å². The minimum atomic E-state index is -2.96. The quantitative estimate of drug-likeness (QED) is 0.851. The first-order valence-corrected chi connectivity index (χ1v) is 10.3. The number of aryl methyl sites for hydroxylation is 1. The van der Waals surface area contributed by atoms with Crippen LogP contribution in [0.1, 0.15) is 18.9 Å². The topological polar surface area (TPSA) is 88.1 Å². The van der Waals surface area contributed by atoms with Gasteiger partial charge in [-0.1, -0.05) is 17.7 Å². The molecule has 0 saturated carbocycles. The van der Waals surface area contributed by atoms with Gasteiger partial charge in [-0.05, 0) is 38.0 Å². The zero-order chi connectivity index (χ0) is 18.0. The lowest BCUT2D eigenvalue weighted by molar-refractivity contribution is 0.599. The molecule has 0 amide bonds. The number of sulfone groups is 1. The summed E-state index contributed by atoms with van der Waals surface area (Å²) in [7, 11) is -2.96. The first-order valence-electron chi connectivity index (χ1n) is 8.08. The lowest BCUT2D eigenvalue weighted by atomic mass is 10.2. The van der Waals surface area contributed by atoms with Crippen LogP contribution in [0, 0.1) is 6.92 Å². The van der Waals surface area contributed by atoms with Crippen molar-refractivity contribution in [2.75, 3.05) is 28.3 Å². The molecule has 2 aromatic rings. The van der Waals surface area contributed by atoms with E-state index in [1.54, 1.807) is 12.3 Å². The monoisotopic (exact) mass is 381 g/mol. The van der Waals surface area contributed by atoms with Gasteiger partial charge in [-0.2, -0.15) is 10.1 Å². The third-order valence-electron chi connectivity index (χ3n) is 4.26. The third kappa shape index (κ3) is 4.19. The molecule has 1 aliphatic rings. The molecule has 0 spiro atoms. The molecular formula is C16H20ClN5O2S. The molecule has 1 fully saturated rings. The molecule has 1 aliphatic heterocycles. The number of hydrogen-bond acceptors (Lipinski definition) is 7. The minimum absolute atomic E-state index is 0.0756. The smallest absolute Gasteiger partial charge is 0.249 e. The van der Waals surface area contributed by atoms with Crippen molar-refractivity contribution in [2.24, 2.45) is 0 Å². The van der Waals surface area contributed by atoms with Crippen LogP contribution in [0.5, 0.6) is 0 Å². The maximum atomic E-state index is 11.8. The predicted octanol–water partition coefficient (Wildman–Crippen LogP) is 2.59. The molecule has 25 heavy (non-hydrogen) atoms. The number of nitrogens with one attached hydrogen (secondary N) is 1. The van der Waals surface area contributed by atoms with E-state index in [1.165, 1.54) is 0 Å². The van der Waals surface area contributed by atoms with Crippen LogP contribution in [0.15, 0.2) is 24.4 Å². The largest absolute Gasteiger partial charge is 0.351 e. The Morgan fingerprint density at radius 2 is 2.20 bits per heavy atom. The van der Waals surface area contributed by atoms with E-state index in [1.807, 2.05) is 30.9 Å². The first-order chi connectivity index (χ1) is 11.9.